The molecule has 128 valence electrons. The maximum Gasteiger partial charge on any atom is 1.00 e. The van der Waals surface area contributed by atoms with E-state index in [0.29, 0.717) is 23.4 Å². The smallest absolute Gasteiger partial charge is 0.545 e. The van der Waals surface area contributed by atoms with Crippen LogP contribution in [0.3, 0.4) is 0 Å². The fraction of sp³-hybridized carbons (Fsp3) is 0.133. The Hall–Kier alpha value is -1.56. The number of aromatic carboxylic acids is 1. The van der Waals surface area contributed by atoms with Gasteiger partial charge in [-0.25, -0.2) is 4.98 Å². The van der Waals surface area contributed by atoms with Crippen molar-refractivity contribution in [2.75, 3.05) is 11.1 Å². The summed E-state index contributed by atoms with van der Waals surface area (Å²) >= 11 is 5.79. The molecule has 2 heterocycles. The largest absolute Gasteiger partial charge is 1.00 e. The Bertz CT molecular complexity index is 960. The van der Waals surface area contributed by atoms with Gasteiger partial charge in [0.25, 0.3) is 0 Å². The minimum absolute atomic E-state index is 0. The molecule has 3 rings (SSSR count). The number of hydrogen-bond acceptors (Lipinski definition) is 7. The number of benzene rings is 1. The van der Waals surface area contributed by atoms with E-state index < -0.39 is 5.97 Å². The molecule has 2 aromatic heterocycles. The van der Waals surface area contributed by atoms with Crippen LogP contribution in [0.5, 0.6) is 0 Å². The molecule has 3 aromatic rings. The van der Waals surface area contributed by atoms with Gasteiger partial charge in [-0.1, -0.05) is 12.1 Å². The first-order chi connectivity index (χ1) is 11.9. The average molecular weight is 399 g/mol. The molecule has 1 aromatic carbocycles. The number of carboxylic acid groups (broad SMARTS) is 1. The number of halogens is 1. The molecule has 0 atom stereocenters. The van der Waals surface area contributed by atoms with Crippen LogP contribution in [0, 0.1) is 0 Å². The van der Waals surface area contributed by atoms with Crippen molar-refractivity contribution in [3.63, 3.8) is 0 Å². The predicted octanol–water partition coefficient (Wildman–Crippen LogP) is -2.54. The number of aromatic nitrogens is 4. The molecule has 0 unspecified atom stereocenters. The van der Waals surface area contributed by atoms with Gasteiger partial charge in [0.15, 0.2) is 11.5 Å². The zero-order valence-electron chi connectivity index (χ0n) is 13.8. The molecule has 3 N–H and O–H groups in total. The fourth-order valence-electron chi connectivity index (χ4n) is 2.24. The van der Waals surface area contributed by atoms with Gasteiger partial charge < -0.3 is 25.5 Å². The first-order valence-corrected chi connectivity index (χ1v) is 7.57. The molecule has 26 heavy (non-hydrogen) atoms. The van der Waals surface area contributed by atoms with Crippen molar-refractivity contribution < 1.29 is 66.1 Å². The second kappa shape index (κ2) is 8.89. The monoisotopic (exact) mass is 398 g/mol. The SMILES string of the molecule is Nc1nc(Cl)nc2c1ncn2CCC(=O)Nc1ccc(C(=O)[O-])cc1.[K+]. The van der Waals surface area contributed by atoms with Crippen LogP contribution in [-0.2, 0) is 11.3 Å². The third-order valence-corrected chi connectivity index (χ3v) is 3.62. The molecule has 0 aliphatic rings. The summed E-state index contributed by atoms with van der Waals surface area (Å²) in [6.07, 6.45) is 1.66. The number of anilines is 2. The number of imidazole rings is 1. The minimum atomic E-state index is -1.27. The van der Waals surface area contributed by atoms with Gasteiger partial charge in [0, 0.05) is 18.7 Å². The van der Waals surface area contributed by atoms with Crippen LogP contribution in [-0.4, -0.2) is 31.4 Å². The molecule has 1 amide bonds. The second-order valence-corrected chi connectivity index (χ2v) is 5.49. The van der Waals surface area contributed by atoms with Crippen LogP contribution >= 0.6 is 11.6 Å². The third kappa shape index (κ3) is 4.78. The number of carbonyl (C=O) groups is 2. The molecule has 0 bridgehead atoms. The summed E-state index contributed by atoms with van der Waals surface area (Å²) in [5.74, 6) is -1.35. The number of amides is 1. The van der Waals surface area contributed by atoms with E-state index in [-0.39, 0.29) is 80.4 Å². The Balaban J connectivity index is 0.00000243. The van der Waals surface area contributed by atoms with Crippen LogP contribution < -0.4 is 67.5 Å². The molecule has 9 nitrogen and oxygen atoms in total. The van der Waals surface area contributed by atoms with E-state index in [2.05, 4.69) is 20.3 Å². The summed E-state index contributed by atoms with van der Waals surface area (Å²) in [7, 11) is 0. The van der Waals surface area contributed by atoms with Gasteiger partial charge in [0.05, 0.1) is 12.3 Å². The Morgan fingerprint density at radius 2 is 1.92 bits per heavy atom. The first kappa shape index (κ1) is 20.7. The average Bonchev–Trinajstić information content (AvgIpc) is 2.96. The third-order valence-electron chi connectivity index (χ3n) is 3.45. The molecular weight excluding hydrogens is 387 g/mol. The fourth-order valence-corrected chi connectivity index (χ4v) is 2.41. The van der Waals surface area contributed by atoms with Crippen molar-refractivity contribution >= 4 is 46.1 Å². The van der Waals surface area contributed by atoms with Crippen molar-refractivity contribution in [3.8, 4) is 0 Å². The minimum Gasteiger partial charge on any atom is -0.545 e. The van der Waals surface area contributed by atoms with Gasteiger partial charge in [-0.05, 0) is 29.3 Å². The number of aryl methyl sites for hydroxylation is 1. The number of nitrogens with two attached hydrogens (primary N) is 1. The van der Waals surface area contributed by atoms with E-state index in [4.69, 9.17) is 17.3 Å². The van der Waals surface area contributed by atoms with Gasteiger partial charge in [0.2, 0.25) is 11.2 Å². The van der Waals surface area contributed by atoms with Gasteiger partial charge in [-0.2, -0.15) is 9.97 Å². The number of nitrogen functional groups attached to an aromatic ring is 1. The van der Waals surface area contributed by atoms with Crippen molar-refractivity contribution in [3.05, 3.63) is 41.4 Å². The molecule has 0 saturated carbocycles. The van der Waals surface area contributed by atoms with Gasteiger partial charge in [0.1, 0.15) is 5.52 Å². The number of hydrogen-bond donors (Lipinski definition) is 2. The Kier molecular flexibility index (Phi) is 7.09. The first-order valence-electron chi connectivity index (χ1n) is 7.19. The molecule has 0 aliphatic heterocycles. The Morgan fingerprint density at radius 3 is 2.58 bits per heavy atom. The van der Waals surface area contributed by atoms with Crippen molar-refractivity contribution in [2.45, 2.75) is 13.0 Å². The van der Waals surface area contributed by atoms with Crippen LogP contribution in [0.1, 0.15) is 16.8 Å². The second-order valence-electron chi connectivity index (χ2n) is 5.15. The number of nitrogens with one attached hydrogen (secondary N) is 1. The van der Waals surface area contributed by atoms with E-state index >= 15 is 0 Å². The summed E-state index contributed by atoms with van der Waals surface area (Å²) in [5, 5.41) is 13.4. The zero-order valence-corrected chi connectivity index (χ0v) is 17.6. The van der Waals surface area contributed by atoms with Crippen LogP contribution in [0.4, 0.5) is 11.5 Å². The predicted molar refractivity (Wildman–Crippen MR) is 88.8 cm³/mol. The van der Waals surface area contributed by atoms with Crippen molar-refractivity contribution in [2.24, 2.45) is 0 Å². The van der Waals surface area contributed by atoms with E-state index in [9.17, 15) is 14.7 Å². The van der Waals surface area contributed by atoms with E-state index in [1.54, 1.807) is 4.57 Å². The van der Waals surface area contributed by atoms with Crippen molar-refractivity contribution in [1.82, 2.24) is 19.5 Å². The Labute approximate surface area is 195 Å². The molecule has 0 saturated heterocycles. The van der Waals surface area contributed by atoms with E-state index in [1.807, 2.05) is 0 Å². The molecule has 0 spiro atoms. The summed E-state index contributed by atoms with van der Waals surface area (Å²) in [6.45, 7) is 0.312. The maximum absolute atomic E-state index is 12.0. The molecule has 0 radical (unpaired) electrons. The standard InChI is InChI=1S/C15H13ClN6O3.K/c16-15-20-12(17)11-13(21-15)22(7-18-11)6-5-10(23)19-9-3-1-8(2-4-9)14(24)25;/h1-4,7H,5-6H2,(H,19,23)(H,24,25)(H2,17,20,21);/q;+1/p-1. The maximum atomic E-state index is 12.0. The van der Waals surface area contributed by atoms with Crippen molar-refractivity contribution in [1.29, 1.82) is 0 Å². The number of nitrogens with zero attached hydrogens (tertiary/aromatic N) is 4. The van der Waals surface area contributed by atoms with Crippen LogP contribution in [0.15, 0.2) is 30.6 Å². The van der Waals surface area contributed by atoms with Gasteiger partial charge >= 0.3 is 51.4 Å². The molecule has 0 aliphatic carbocycles. The molecule has 11 heteroatoms. The summed E-state index contributed by atoms with van der Waals surface area (Å²) < 4.78 is 1.65. The zero-order chi connectivity index (χ0) is 18.0. The number of carbonyl (C=O) groups excluding carboxylic acids is 2. The van der Waals surface area contributed by atoms with Gasteiger partial charge in [-0.15, -0.1) is 0 Å². The number of fused-ring (bicyclic) bond motifs is 1. The normalized spacial score (nSPS) is 10.3. The van der Waals surface area contributed by atoms with E-state index in [1.165, 1.54) is 30.6 Å². The summed E-state index contributed by atoms with van der Waals surface area (Å²) in [5.41, 5.74) is 7.12. The van der Waals surface area contributed by atoms with Gasteiger partial charge in [-0.3, -0.25) is 4.79 Å². The van der Waals surface area contributed by atoms with Crippen LogP contribution in [0.2, 0.25) is 5.28 Å². The summed E-state index contributed by atoms with van der Waals surface area (Å²) in [4.78, 5) is 34.7. The quantitative estimate of drug-likeness (QED) is 0.356. The summed E-state index contributed by atoms with van der Waals surface area (Å²) in [6, 6.07) is 5.69. The molecule has 0 fully saturated rings. The Morgan fingerprint density at radius 1 is 1.23 bits per heavy atom. The van der Waals surface area contributed by atoms with E-state index in [0.717, 1.165) is 0 Å². The molecular formula is C15H12ClKN6O3. The number of carboxylic acids is 1. The van der Waals surface area contributed by atoms with Crippen LogP contribution in [0.25, 0.3) is 11.2 Å². The number of rotatable bonds is 5. The topological polar surface area (TPSA) is 139 Å².